The molecule has 1 N–H and O–H groups in total. The molecule has 0 spiro atoms. The Balaban J connectivity index is 2.00. The van der Waals surface area contributed by atoms with Crippen molar-refractivity contribution in [2.24, 2.45) is 0 Å². The second-order valence-corrected chi connectivity index (χ2v) is 4.99. The van der Waals surface area contributed by atoms with Crippen LogP contribution in [0.4, 0.5) is 0 Å². The summed E-state index contributed by atoms with van der Waals surface area (Å²) >= 11 is 0. The number of rotatable bonds is 2. The van der Waals surface area contributed by atoms with Crippen molar-refractivity contribution in [3.8, 4) is 5.75 Å². The third kappa shape index (κ3) is 2.41. The summed E-state index contributed by atoms with van der Waals surface area (Å²) in [6, 6.07) is 6.01. The summed E-state index contributed by atoms with van der Waals surface area (Å²) in [5.41, 5.74) is 2.81. The maximum atomic E-state index is 10.1. The van der Waals surface area contributed by atoms with Crippen LogP contribution in [-0.2, 0) is 11.3 Å². The van der Waals surface area contributed by atoms with Crippen molar-refractivity contribution in [1.29, 1.82) is 0 Å². The molecular weight excluding hydrogens is 240 g/mol. The minimum Gasteiger partial charge on any atom is -0.505 e. The molecule has 0 amide bonds. The molecule has 0 saturated carbocycles. The molecule has 1 aromatic heterocycles. The number of morpholine rings is 1. The number of aromatic hydroxyl groups is 1. The maximum absolute atomic E-state index is 10.1. The highest BCUT2D eigenvalue weighted by atomic mass is 16.5. The molecule has 0 aliphatic carbocycles. The number of nitrogens with zero attached hydrogens (tertiary/aromatic N) is 2. The average Bonchev–Trinajstić information content (AvgIpc) is 2.46. The Morgan fingerprint density at radius 2 is 2.16 bits per heavy atom. The SMILES string of the molecule is Cc1cc(CN2CCOCC2)c2cccnc2c1O. The van der Waals surface area contributed by atoms with E-state index in [0.29, 0.717) is 11.3 Å². The van der Waals surface area contributed by atoms with E-state index >= 15 is 0 Å². The Morgan fingerprint density at radius 3 is 2.95 bits per heavy atom. The molecule has 100 valence electrons. The van der Waals surface area contributed by atoms with Crippen LogP contribution in [0.25, 0.3) is 10.9 Å². The first-order valence-corrected chi connectivity index (χ1v) is 6.62. The third-order valence-corrected chi connectivity index (χ3v) is 3.64. The molecule has 0 atom stereocenters. The largest absolute Gasteiger partial charge is 0.505 e. The van der Waals surface area contributed by atoms with Crippen molar-refractivity contribution in [2.75, 3.05) is 26.3 Å². The highest BCUT2D eigenvalue weighted by Crippen LogP contribution is 2.30. The van der Waals surface area contributed by atoms with E-state index in [4.69, 9.17) is 4.74 Å². The van der Waals surface area contributed by atoms with Crippen LogP contribution in [0.3, 0.4) is 0 Å². The number of phenols is 1. The summed E-state index contributed by atoms with van der Waals surface area (Å²) in [6.07, 6.45) is 1.72. The van der Waals surface area contributed by atoms with Gasteiger partial charge < -0.3 is 9.84 Å². The lowest BCUT2D eigenvalue weighted by atomic mass is 10.0. The molecule has 4 nitrogen and oxygen atoms in total. The van der Waals surface area contributed by atoms with Gasteiger partial charge in [-0.25, -0.2) is 0 Å². The highest BCUT2D eigenvalue weighted by molar-refractivity contribution is 5.88. The van der Waals surface area contributed by atoms with Gasteiger partial charge in [-0.1, -0.05) is 12.1 Å². The molecule has 2 heterocycles. The Bertz CT molecular complexity index is 592. The highest BCUT2D eigenvalue weighted by Gasteiger charge is 2.15. The van der Waals surface area contributed by atoms with E-state index in [9.17, 15) is 5.11 Å². The van der Waals surface area contributed by atoms with Crippen LogP contribution >= 0.6 is 0 Å². The van der Waals surface area contributed by atoms with Crippen LogP contribution in [-0.4, -0.2) is 41.3 Å². The Labute approximate surface area is 112 Å². The fourth-order valence-electron chi connectivity index (χ4n) is 2.58. The van der Waals surface area contributed by atoms with E-state index in [-0.39, 0.29) is 0 Å². The Kier molecular flexibility index (Phi) is 3.36. The first kappa shape index (κ1) is 12.4. The number of aromatic nitrogens is 1. The molecule has 1 aliphatic heterocycles. The summed E-state index contributed by atoms with van der Waals surface area (Å²) < 4.78 is 5.37. The minimum absolute atomic E-state index is 0.293. The minimum atomic E-state index is 0.293. The summed E-state index contributed by atoms with van der Waals surface area (Å²) in [5, 5.41) is 11.1. The second-order valence-electron chi connectivity index (χ2n) is 4.99. The molecule has 1 fully saturated rings. The zero-order valence-electron chi connectivity index (χ0n) is 11.1. The van der Waals surface area contributed by atoms with Gasteiger partial charge in [-0.3, -0.25) is 9.88 Å². The molecule has 2 aromatic rings. The standard InChI is InChI=1S/C15H18N2O2/c1-11-9-12(10-17-5-7-19-8-6-17)13-3-2-4-16-14(13)15(11)18/h2-4,9,18H,5-8,10H2,1H3. The van der Waals surface area contributed by atoms with Gasteiger partial charge >= 0.3 is 0 Å². The van der Waals surface area contributed by atoms with Gasteiger partial charge in [0, 0.05) is 31.2 Å². The average molecular weight is 258 g/mol. The van der Waals surface area contributed by atoms with E-state index in [0.717, 1.165) is 43.8 Å². The van der Waals surface area contributed by atoms with Crippen molar-refractivity contribution >= 4 is 10.9 Å². The first-order valence-electron chi connectivity index (χ1n) is 6.62. The molecule has 0 radical (unpaired) electrons. The van der Waals surface area contributed by atoms with Gasteiger partial charge in [0.05, 0.1) is 13.2 Å². The van der Waals surface area contributed by atoms with Gasteiger partial charge in [-0.15, -0.1) is 0 Å². The van der Waals surface area contributed by atoms with Crippen molar-refractivity contribution in [3.05, 3.63) is 35.5 Å². The molecule has 0 bridgehead atoms. The van der Waals surface area contributed by atoms with Crippen molar-refractivity contribution in [2.45, 2.75) is 13.5 Å². The van der Waals surface area contributed by atoms with Gasteiger partial charge in [0.15, 0.2) is 0 Å². The number of hydrogen-bond donors (Lipinski definition) is 1. The van der Waals surface area contributed by atoms with Crippen LogP contribution in [0.2, 0.25) is 0 Å². The van der Waals surface area contributed by atoms with Crippen LogP contribution in [0, 0.1) is 6.92 Å². The fourth-order valence-corrected chi connectivity index (χ4v) is 2.58. The number of ether oxygens (including phenoxy) is 1. The molecule has 0 unspecified atom stereocenters. The number of phenolic OH excluding ortho intramolecular Hbond substituents is 1. The lowest BCUT2D eigenvalue weighted by molar-refractivity contribution is 0.0343. The van der Waals surface area contributed by atoms with Gasteiger partial charge in [0.25, 0.3) is 0 Å². The molecule has 3 rings (SSSR count). The number of fused-ring (bicyclic) bond motifs is 1. The Hall–Kier alpha value is -1.65. The Morgan fingerprint density at radius 1 is 1.37 bits per heavy atom. The predicted octanol–water partition coefficient (Wildman–Crippen LogP) is 2.08. The first-order chi connectivity index (χ1) is 9.25. The predicted molar refractivity (Wildman–Crippen MR) is 74.2 cm³/mol. The van der Waals surface area contributed by atoms with E-state index in [1.165, 1.54) is 5.56 Å². The van der Waals surface area contributed by atoms with E-state index in [1.54, 1.807) is 6.20 Å². The van der Waals surface area contributed by atoms with Crippen molar-refractivity contribution in [3.63, 3.8) is 0 Å². The summed E-state index contributed by atoms with van der Waals surface area (Å²) in [7, 11) is 0. The maximum Gasteiger partial charge on any atom is 0.144 e. The van der Waals surface area contributed by atoms with Crippen LogP contribution in [0.15, 0.2) is 24.4 Å². The molecule has 4 heteroatoms. The smallest absolute Gasteiger partial charge is 0.144 e. The normalized spacial score (nSPS) is 16.9. The zero-order valence-corrected chi connectivity index (χ0v) is 11.1. The summed E-state index contributed by atoms with van der Waals surface area (Å²) in [6.45, 7) is 6.32. The summed E-state index contributed by atoms with van der Waals surface area (Å²) in [5.74, 6) is 0.293. The van der Waals surface area contributed by atoms with Crippen LogP contribution in [0.5, 0.6) is 5.75 Å². The topological polar surface area (TPSA) is 45.6 Å². The number of pyridine rings is 1. The molecule has 1 aromatic carbocycles. The monoisotopic (exact) mass is 258 g/mol. The molecule has 1 saturated heterocycles. The van der Waals surface area contributed by atoms with Crippen LogP contribution < -0.4 is 0 Å². The number of benzene rings is 1. The lowest BCUT2D eigenvalue weighted by Crippen LogP contribution is -2.35. The van der Waals surface area contributed by atoms with Crippen molar-refractivity contribution in [1.82, 2.24) is 9.88 Å². The number of aryl methyl sites for hydroxylation is 1. The fraction of sp³-hybridized carbons (Fsp3) is 0.400. The van der Waals surface area contributed by atoms with Gasteiger partial charge in [-0.2, -0.15) is 0 Å². The third-order valence-electron chi connectivity index (χ3n) is 3.64. The van der Waals surface area contributed by atoms with E-state index in [2.05, 4.69) is 16.0 Å². The second kappa shape index (κ2) is 5.15. The lowest BCUT2D eigenvalue weighted by Gasteiger charge is -2.27. The number of hydrogen-bond acceptors (Lipinski definition) is 4. The molecular formula is C15H18N2O2. The summed E-state index contributed by atoms with van der Waals surface area (Å²) in [4.78, 5) is 6.68. The van der Waals surface area contributed by atoms with Gasteiger partial charge in [0.1, 0.15) is 11.3 Å². The van der Waals surface area contributed by atoms with Crippen LogP contribution in [0.1, 0.15) is 11.1 Å². The van der Waals surface area contributed by atoms with Crippen molar-refractivity contribution < 1.29 is 9.84 Å². The quantitative estimate of drug-likeness (QED) is 0.896. The molecule has 1 aliphatic rings. The van der Waals surface area contributed by atoms with E-state index < -0.39 is 0 Å². The van der Waals surface area contributed by atoms with Gasteiger partial charge in [-0.05, 0) is 24.1 Å². The van der Waals surface area contributed by atoms with Gasteiger partial charge in [0.2, 0.25) is 0 Å². The van der Waals surface area contributed by atoms with E-state index in [1.807, 2.05) is 19.1 Å². The zero-order chi connectivity index (χ0) is 13.2. The molecule has 19 heavy (non-hydrogen) atoms.